The van der Waals surface area contributed by atoms with Crippen LogP contribution in [0.2, 0.25) is 0 Å². The van der Waals surface area contributed by atoms with Gasteiger partial charge in [0.15, 0.2) is 11.6 Å². The quantitative estimate of drug-likeness (QED) is 0.911. The van der Waals surface area contributed by atoms with Gasteiger partial charge in [-0.3, -0.25) is 4.79 Å². The summed E-state index contributed by atoms with van der Waals surface area (Å²) in [6.07, 6.45) is 1.78. The summed E-state index contributed by atoms with van der Waals surface area (Å²) in [5, 5.41) is 3.35. The third-order valence-corrected chi connectivity index (χ3v) is 3.44. The van der Waals surface area contributed by atoms with E-state index in [1.54, 1.807) is 4.90 Å². The fraction of sp³-hybridized carbons (Fsp3) is 0.500. The minimum atomic E-state index is -0.978. The number of benzene rings is 1. The number of hydrogen-bond acceptors (Lipinski definition) is 2. The highest BCUT2D eigenvalue weighted by atomic mass is 19.2. The van der Waals surface area contributed by atoms with Gasteiger partial charge >= 0.3 is 0 Å². The lowest BCUT2D eigenvalue weighted by Gasteiger charge is -2.32. The van der Waals surface area contributed by atoms with Crippen molar-refractivity contribution in [1.82, 2.24) is 10.2 Å². The van der Waals surface area contributed by atoms with Crippen molar-refractivity contribution in [2.24, 2.45) is 0 Å². The van der Waals surface area contributed by atoms with Crippen molar-refractivity contribution in [3.05, 3.63) is 35.4 Å². The minimum absolute atomic E-state index is 0.209. The predicted molar refractivity (Wildman–Crippen MR) is 69.0 cm³/mol. The van der Waals surface area contributed by atoms with Gasteiger partial charge in [-0.25, -0.2) is 8.78 Å². The molecule has 1 amide bonds. The van der Waals surface area contributed by atoms with Crippen LogP contribution in [0.4, 0.5) is 8.78 Å². The molecule has 1 saturated heterocycles. The molecule has 0 unspecified atom stereocenters. The maximum absolute atomic E-state index is 13.1. The zero-order valence-corrected chi connectivity index (χ0v) is 11.0. The lowest BCUT2D eigenvalue weighted by molar-refractivity contribution is 0.0705. The summed E-state index contributed by atoms with van der Waals surface area (Å²) in [5.41, 5.74) is 0.209. The maximum atomic E-state index is 13.1. The molecule has 1 fully saturated rings. The van der Waals surface area contributed by atoms with E-state index in [0.717, 1.165) is 31.5 Å². The second kappa shape index (κ2) is 6.10. The van der Waals surface area contributed by atoms with Crippen molar-refractivity contribution in [3.8, 4) is 0 Å². The van der Waals surface area contributed by atoms with Crippen LogP contribution >= 0.6 is 0 Å². The summed E-state index contributed by atoms with van der Waals surface area (Å²) < 4.78 is 25.9. The monoisotopic (exact) mass is 268 g/mol. The van der Waals surface area contributed by atoms with Crippen molar-refractivity contribution < 1.29 is 13.6 Å². The number of carbonyl (C=O) groups excluding carboxylic acids is 1. The largest absolute Gasteiger partial charge is 0.339 e. The van der Waals surface area contributed by atoms with E-state index < -0.39 is 11.6 Å². The van der Waals surface area contributed by atoms with Crippen molar-refractivity contribution in [1.29, 1.82) is 0 Å². The topological polar surface area (TPSA) is 32.3 Å². The van der Waals surface area contributed by atoms with Crippen LogP contribution in [0.3, 0.4) is 0 Å². The Morgan fingerprint density at radius 1 is 1.32 bits per heavy atom. The van der Waals surface area contributed by atoms with Gasteiger partial charge in [0.05, 0.1) is 0 Å². The van der Waals surface area contributed by atoms with E-state index in [9.17, 15) is 13.6 Å². The lowest BCUT2D eigenvalue weighted by atomic mass is 10.0. The fourth-order valence-electron chi connectivity index (χ4n) is 2.39. The highest BCUT2D eigenvalue weighted by Crippen LogP contribution is 2.15. The maximum Gasteiger partial charge on any atom is 0.253 e. The second-order valence-corrected chi connectivity index (χ2v) is 4.75. The van der Waals surface area contributed by atoms with Crippen molar-refractivity contribution in [2.45, 2.75) is 25.8 Å². The Morgan fingerprint density at radius 3 is 2.58 bits per heavy atom. The number of carbonyl (C=O) groups is 1. The molecule has 2 rings (SSSR count). The molecule has 0 atom stereocenters. The van der Waals surface area contributed by atoms with E-state index in [1.807, 2.05) is 0 Å². The third kappa shape index (κ3) is 3.29. The molecule has 0 saturated carbocycles. The first-order chi connectivity index (χ1) is 9.11. The number of halogens is 2. The third-order valence-electron chi connectivity index (χ3n) is 3.44. The van der Waals surface area contributed by atoms with Gasteiger partial charge in [0, 0.05) is 24.7 Å². The summed E-state index contributed by atoms with van der Waals surface area (Å²) in [6, 6.07) is 3.73. The Morgan fingerprint density at radius 2 is 2.00 bits per heavy atom. The summed E-state index contributed by atoms with van der Waals surface area (Å²) in [6.45, 7) is 4.27. The zero-order chi connectivity index (χ0) is 13.8. The second-order valence-electron chi connectivity index (χ2n) is 4.75. The Labute approximate surface area is 111 Å². The van der Waals surface area contributed by atoms with Crippen molar-refractivity contribution in [3.63, 3.8) is 0 Å². The van der Waals surface area contributed by atoms with Gasteiger partial charge in [0.1, 0.15) is 0 Å². The first-order valence-corrected chi connectivity index (χ1v) is 6.59. The Hall–Kier alpha value is -1.49. The average molecular weight is 268 g/mol. The van der Waals surface area contributed by atoms with Crippen LogP contribution < -0.4 is 5.32 Å². The van der Waals surface area contributed by atoms with E-state index in [2.05, 4.69) is 12.2 Å². The summed E-state index contributed by atoms with van der Waals surface area (Å²) in [7, 11) is 0. The van der Waals surface area contributed by atoms with Crippen LogP contribution in [0.15, 0.2) is 18.2 Å². The Balaban J connectivity index is 1.99. The van der Waals surface area contributed by atoms with Gasteiger partial charge in [0.25, 0.3) is 5.91 Å². The number of amides is 1. The fourth-order valence-corrected chi connectivity index (χ4v) is 2.39. The normalized spacial score (nSPS) is 16.7. The molecule has 5 heteroatoms. The smallest absolute Gasteiger partial charge is 0.253 e. The molecule has 1 heterocycles. The molecule has 0 spiro atoms. The van der Waals surface area contributed by atoms with Crippen LogP contribution in [0, 0.1) is 11.6 Å². The Bertz CT molecular complexity index is 457. The van der Waals surface area contributed by atoms with Crippen molar-refractivity contribution >= 4 is 5.91 Å². The molecule has 0 radical (unpaired) electrons. The molecule has 1 aromatic rings. The van der Waals surface area contributed by atoms with Gasteiger partial charge in [-0.2, -0.15) is 0 Å². The highest BCUT2D eigenvalue weighted by molar-refractivity contribution is 5.94. The predicted octanol–water partition coefficient (Wildman–Crippen LogP) is 2.18. The zero-order valence-electron chi connectivity index (χ0n) is 11.0. The highest BCUT2D eigenvalue weighted by Gasteiger charge is 2.23. The van der Waals surface area contributed by atoms with E-state index in [1.165, 1.54) is 6.07 Å². The van der Waals surface area contributed by atoms with E-state index in [0.29, 0.717) is 19.1 Å². The van der Waals surface area contributed by atoms with E-state index in [4.69, 9.17) is 0 Å². The molecule has 0 aromatic heterocycles. The number of nitrogens with one attached hydrogen (secondary N) is 1. The molecule has 1 aliphatic rings. The van der Waals surface area contributed by atoms with Gasteiger partial charge in [-0.15, -0.1) is 0 Å². The van der Waals surface area contributed by atoms with Crippen LogP contribution in [0.5, 0.6) is 0 Å². The molecule has 19 heavy (non-hydrogen) atoms. The molecule has 0 bridgehead atoms. The number of nitrogens with zero attached hydrogens (tertiary/aromatic N) is 1. The molecular weight excluding hydrogens is 250 g/mol. The van der Waals surface area contributed by atoms with E-state index >= 15 is 0 Å². The van der Waals surface area contributed by atoms with Crippen LogP contribution in [0.25, 0.3) is 0 Å². The first kappa shape index (κ1) is 13.9. The molecule has 0 aliphatic carbocycles. The van der Waals surface area contributed by atoms with Crippen LogP contribution in [0.1, 0.15) is 30.1 Å². The summed E-state index contributed by atoms with van der Waals surface area (Å²) >= 11 is 0. The molecule has 3 nitrogen and oxygen atoms in total. The number of piperidine rings is 1. The molecular formula is C14H18F2N2O. The number of rotatable bonds is 3. The van der Waals surface area contributed by atoms with Gasteiger partial charge in [0.2, 0.25) is 0 Å². The SMILES string of the molecule is CCNC1CCN(C(=O)c2ccc(F)c(F)c2)CC1. The van der Waals surface area contributed by atoms with Crippen LogP contribution in [-0.4, -0.2) is 36.5 Å². The van der Waals surface area contributed by atoms with Gasteiger partial charge in [-0.05, 0) is 37.6 Å². The minimum Gasteiger partial charge on any atom is -0.339 e. The molecule has 1 aliphatic heterocycles. The van der Waals surface area contributed by atoms with Gasteiger partial charge in [-0.1, -0.05) is 6.92 Å². The molecule has 104 valence electrons. The molecule has 1 aromatic carbocycles. The molecule has 1 N–H and O–H groups in total. The average Bonchev–Trinajstić information content (AvgIpc) is 2.42. The first-order valence-electron chi connectivity index (χ1n) is 6.59. The number of likely N-dealkylation sites (tertiary alicyclic amines) is 1. The van der Waals surface area contributed by atoms with E-state index in [-0.39, 0.29) is 11.5 Å². The van der Waals surface area contributed by atoms with Crippen molar-refractivity contribution in [2.75, 3.05) is 19.6 Å². The van der Waals surface area contributed by atoms with Crippen LogP contribution in [-0.2, 0) is 0 Å². The summed E-state index contributed by atoms with van der Waals surface area (Å²) in [4.78, 5) is 13.8. The van der Waals surface area contributed by atoms with Gasteiger partial charge < -0.3 is 10.2 Å². The number of hydrogen-bond donors (Lipinski definition) is 1. The lowest BCUT2D eigenvalue weighted by Crippen LogP contribution is -2.44. The standard InChI is InChI=1S/C14H18F2N2O/c1-2-17-11-5-7-18(8-6-11)14(19)10-3-4-12(15)13(16)9-10/h3-4,9,11,17H,2,5-8H2,1H3. The summed E-state index contributed by atoms with van der Waals surface area (Å²) in [5.74, 6) is -2.13. The Kier molecular flexibility index (Phi) is 4.47.